The summed E-state index contributed by atoms with van der Waals surface area (Å²) in [5, 5.41) is 28.6. The van der Waals surface area contributed by atoms with Crippen molar-refractivity contribution in [2.24, 2.45) is 0 Å². The molecular formula is C54H26B2N2. The molecule has 0 saturated heterocycles. The molecule has 0 unspecified atom stereocenters. The van der Waals surface area contributed by atoms with Crippen molar-refractivity contribution in [1.82, 2.24) is 0 Å². The van der Waals surface area contributed by atoms with E-state index >= 15 is 0 Å². The average Bonchev–Trinajstić information content (AvgIpc) is 3.80. The van der Waals surface area contributed by atoms with Crippen LogP contribution in [0.15, 0.2) is 158 Å². The Morgan fingerprint density at radius 3 is 1.10 bits per heavy atom. The van der Waals surface area contributed by atoms with E-state index in [1.165, 1.54) is 121 Å². The summed E-state index contributed by atoms with van der Waals surface area (Å²) in [4.78, 5) is 0. The van der Waals surface area contributed by atoms with E-state index in [1.54, 1.807) is 0 Å². The molecular weight excluding hydrogens is 698 g/mol. The molecule has 14 rings (SSSR count). The number of nitriles is 2. The second kappa shape index (κ2) is 10.6. The zero-order valence-corrected chi connectivity index (χ0v) is 31.1. The van der Waals surface area contributed by atoms with E-state index < -0.39 is 0 Å². The summed E-state index contributed by atoms with van der Waals surface area (Å²) in [6.07, 6.45) is 0. The van der Waals surface area contributed by atoms with E-state index in [1.807, 2.05) is 0 Å². The molecule has 4 heterocycles. The van der Waals surface area contributed by atoms with E-state index in [0.717, 1.165) is 11.1 Å². The van der Waals surface area contributed by atoms with Crippen LogP contribution in [0.25, 0.3) is 99.1 Å². The van der Waals surface area contributed by atoms with Gasteiger partial charge in [-0.15, -0.1) is 0 Å². The Bertz CT molecular complexity index is 3410. The van der Waals surface area contributed by atoms with Gasteiger partial charge in [-0.05, 0) is 135 Å². The first kappa shape index (κ1) is 30.6. The van der Waals surface area contributed by atoms with Crippen molar-refractivity contribution < 1.29 is 0 Å². The Morgan fingerprint density at radius 1 is 0.310 bits per heavy atom. The predicted octanol–water partition coefficient (Wildman–Crippen LogP) is 8.62. The topological polar surface area (TPSA) is 47.6 Å². The largest absolute Gasteiger partial charge is 0.244 e. The lowest BCUT2D eigenvalue weighted by Crippen LogP contribution is -2.53. The molecule has 2 nitrogen and oxygen atoms in total. The number of nitrogens with zero attached hydrogens (tertiary/aromatic N) is 2. The van der Waals surface area contributed by atoms with Crippen LogP contribution in [-0.2, 0) is 0 Å². The van der Waals surface area contributed by atoms with Gasteiger partial charge in [0.1, 0.15) is 0 Å². The van der Waals surface area contributed by atoms with Crippen LogP contribution in [-0.4, -0.2) is 13.4 Å². The maximum Gasteiger partial charge on any atom is 0.244 e. The van der Waals surface area contributed by atoms with Crippen LogP contribution >= 0.6 is 0 Å². The van der Waals surface area contributed by atoms with Gasteiger partial charge in [-0.3, -0.25) is 0 Å². The number of hydrogen-bond donors (Lipinski definition) is 0. The highest BCUT2D eigenvalue weighted by atomic mass is 14.4. The fourth-order valence-electron chi connectivity index (χ4n) is 11.8. The van der Waals surface area contributed by atoms with E-state index in [2.05, 4.69) is 170 Å². The van der Waals surface area contributed by atoms with E-state index in [0.29, 0.717) is 11.1 Å². The second-order valence-corrected chi connectivity index (χ2v) is 16.4. The average molecular weight is 724 g/mol. The maximum atomic E-state index is 10.5. The Hall–Kier alpha value is -7.65. The molecule has 0 N–H and O–H groups in total. The molecule has 10 aromatic rings. The fraction of sp³-hybridized carbons (Fsp3) is 0. The summed E-state index contributed by atoms with van der Waals surface area (Å²) in [6, 6.07) is 62.9. The quantitative estimate of drug-likeness (QED) is 0.133. The summed E-state index contributed by atoms with van der Waals surface area (Å²) < 4.78 is 0. The fourth-order valence-corrected chi connectivity index (χ4v) is 11.8. The minimum Gasteiger partial charge on any atom is -0.192 e. The lowest BCUT2D eigenvalue weighted by atomic mass is 9.34. The minimum atomic E-state index is 0.0366. The second-order valence-electron chi connectivity index (χ2n) is 16.4. The lowest BCUT2D eigenvalue weighted by molar-refractivity contribution is 1.49. The molecule has 4 heteroatoms. The van der Waals surface area contributed by atoms with Crippen molar-refractivity contribution in [3.8, 4) is 78.9 Å². The number of benzene rings is 10. The molecule has 0 radical (unpaired) electrons. The first-order chi connectivity index (χ1) is 28.7. The number of fused-ring (bicyclic) bond motifs is 10. The van der Waals surface area contributed by atoms with Gasteiger partial charge in [0.2, 0.25) is 13.4 Å². The lowest BCUT2D eigenvalue weighted by Gasteiger charge is -2.33. The molecule has 0 saturated carbocycles. The Labute approximate surface area is 335 Å². The highest BCUT2D eigenvalue weighted by Crippen LogP contribution is 2.51. The SMILES string of the molecule is N#Cc1cc2c3c(c1)-c1cc(-c4ccccc4)c4cc5c6c(cc(-c7ccccc7)c7cc(c1c4c76)B3c1ccccc1-2)-c1cc(C#N)cc2c1B5c1ccccc1-2. The van der Waals surface area contributed by atoms with Crippen LogP contribution in [0.4, 0.5) is 0 Å². The minimum absolute atomic E-state index is 0.0366. The predicted molar refractivity (Wildman–Crippen MR) is 242 cm³/mol. The molecule has 0 fully saturated rings. The van der Waals surface area contributed by atoms with Gasteiger partial charge in [0.15, 0.2) is 0 Å². The molecule has 0 aliphatic carbocycles. The molecule has 4 aliphatic heterocycles. The van der Waals surface area contributed by atoms with Crippen molar-refractivity contribution in [3.63, 3.8) is 0 Å². The number of rotatable bonds is 2. The van der Waals surface area contributed by atoms with Crippen molar-refractivity contribution >= 4 is 78.5 Å². The van der Waals surface area contributed by atoms with Gasteiger partial charge in [0.05, 0.1) is 23.3 Å². The molecule has 258 valence electrons. The van der Waals surface area contributed by atoms with Gasteiger partial charge >= 0.3 is 0 Å². The maximum absolute atomic E-state index is 10.5. The normalized spacial score (nSPS) is 13.1. The van der Waals surface area contributed by atoms with Crippen molar-refractivity contribution in [3.05, 3.63) is 169 Å². The van der Waals surface area contributed by atoms with Crippen LogP contribution in [0, 0.1) is 22.7 Å². The molecule has 0 spiro atoms. The third kappa shape index (κ3) is 3.57. The highest BCUT2D eigenvalue weighted by Gasteiger charge is 2.44. The molecule has 58 heavy (non-hydrogen) atoms. The van der Waals surface area contributed by atoms with Crippen LogP contribution in [0.1, 0.15) is 11.1 Å². The van der Waals surface area contributed by atoms with Crippen LogP contribution in [0.3, 0.4) is 0 Å². The zero-order valence-electron chi connectivity index (χ0n) is 31.1. The molecule has 0 aromatic heterocycles. The first-order valence-electron chi connectivity index (χ1n) is 20.0. The Kier molecular flexibility index (Phi) is 5.58. The number of hydrogen-bond acceptors (Lipinski definition) is 2. The molecule has 10 aromatic carbocycles. The third-order valence-electron chi connectivity index (χ3n) is 13.9. The van der Waals surface area contributed by atoms with Gasteiger partial charge < -0.3 is 0 Å². The summed E-state index contributed by atoms with van der Waals surface area (Å²) in [6.45, 7) is 0.0731. The zero-order chi connectivity index (χ0) is 38.0. The molecule has 4 aliphatic rings. The Morgan fingerprint density at radius 2 is 0.690 bits per heavy atom. The summed E-state index contributed by atoms with van der Waals surface area (Å²) in [5.41, 5.74) is 23.5. The van der Waals surface area contributed by atoms with Gasteiger partial charge in [-0.25, -0.2) is 0 Å². The summed E-state index contributed by atoms with van der Waals surface area (Å²) in [7, 11) is 0. The van der Waals surface area contributed by atoms with Crippen LogP contribution in [0.5, 0.6) is 0 Å². The van der Waals surface area contributed by atoms with Crippen molar-refractivity contribution in [1.29, 1.82) is 10.5 Å². The smallest absolute Gasteiger partial charge is 0.192 e. The van der Waals surface area contributed by atoms with E-state index in [9.17, 15) is 10.5 Å². The van der Waals surface area contributed by atoms with Crippen LogP contribution < -0.4 is 32.8 Å². The van der Waals surface area contributed by atoms with Gasteiger partial charge in [-0.1, -0.05) is 154 Å². The van der Waals surface area contributed by atoms with Crippen molar-refractivity contribution in [2.45, 2.75) is 0 Å². The highest BCUT2D eigenvalue weighted by molar-refractivity contribution is 7.03. The standard InChI is InChI=1S/C54H26B2N2/c57-27-29-19-41-33-15-8-10-18-46(33)56-48-26-40-36(32-13-5-2-6-14-32)24-38-44-22-30(28-58)20-42-34-16-7-9-17-45(34)55(54(42)44)47-25-39-35(31-11-3-1-4-12-31)23-37(43(21-29)53(41)56)49(48)51(39)52(40)50(38)47/h1-26H. The van der Waals surface area contributed by atoms with Crippen LogP contribution in [0.2, 0.25) is 0 Å². The van der Waals surface area contributed by atoms with Gasteiger partial charge in [-0.2, -0.15) is 10.5 Å². The Balaban J connectivity index is 1.26. The molecule has 0 atom stereocenters. The van der Waals surface area contributed by atoms with E-state index in [-0.39, 0.29) is 13.4 Å². The summed E-state index contributed by atoms with van der Waals surface area (Å²) in [5.74, 6) is 0. The molecule has 0 bridgehead atoms. The molecule has 0 amide bonds. The summed E-state index contributed by atoms with van der Waals surface area (Å²) >= 11 is 0. The third-order valence-corrected chi connectivity index (χ3v) is 13.9. The van der Waals surface area contributed by atoms with Crippen molar-refractivity contribution in [2.75, 3.05) is 0 Å². The van der Waals surface area contributed by atoms with E-state index in [4.69, 9.17) is 0 Å². The first-order valence-corrected chi connectivity index (χ1v) is 20.0. The van der Waals surface area contributed by atoms with Gasteiger partial charge in [0.25, 0.3) is 0 Å². The van der Waals surface area contributed by atoms with Gasteiger partial charge in [0, 0.05) is 0 Å². The monoisotopic (exact) mass is 724 g/mol.